The summed E-state index contributed by atoms with van der Waals surface area (Å²) in [6, 6.07) is 8.33. The molecule has 0 unspecified atom stereocenters. The van der Waals surface area contributed by atoms with E-state index in [0.29, 0.717) is 52.7 Å². The lowest BCUT2D eigenvalue weighted by molar-refractivity contribution is 0.0453. The fourth-order valence-corrected chi connectivity index (χ4v) is 3.11. The molecule has 0 bridgehead atoms. The summed E-state index contributed by atoms with van der Waals surface area (Å²) in [6.45, 7) is 10.1. The minimum Gasteiger partial charge on any atom is -0.450 e. The fraction of sp³-hybridized carbons (Fsp3) is 0.619. The van der Waals surface area contributed by atoms with Crippen molar-refractivity contribution in [2.24, 2.45) is 4.99 Å². The Labute approximate surface area is 173 Å². The summed E-state index contributed by atoms with van der Waals surface area (Å²) in [5.41, 5.74) is 2.31. The molecule has 29 heavy (non-hydrogen) atoms. The van der Waals surface area contributed by atoms with E-state index in [4.69, 9.17) is 14.2 Å². The summed E-state index contributed by atoms with van der Waals surface area (Å²) in [4.78, 5) is 20.1. The number of ether oxygens (including phenoxy) is 3. The van der Waals surface area contributed by atoms with Crippen molar-refractivity contribution in [2.75, 3.05) is 59.7 Å². The Morgan fingerprint density at radius 2 is 1.72 bits per heavy atom. The van der Waals surface area contributed by atoms with E-state index in [1.807, 2.05) is 19.9 Å². The van der Waals surface area contributed by atoms with Gasteiger partial charge in [0.25, 0.3) is 0 Å². The third-order valence-corrected chi connectivity index (χ3v) is 4.60. The number of hydrogen-bond acceptors (Lipinski definition) is 5. The fourth-order valence-electron chi connectivity index (χ4n) is 3.11. The molecule has 2 rings (SSSR count). The molecule has 0 atom stereocenters. The summed E-state index contributed by atoms with van der Waals surface area (Å²) in [5.74, 6) is 0.840. The zero-order chi connectivity index (χ0) is 20.9. The summed E-state index contributed by atoms with van der Waals surface area (Å²) in [6.07, 6.45) is -0.240. The predicted molar refractivity (Wildman–Crippen MR) is 113 cm³/mol. The minimum atomic E-state index is -0.240. The van der Waals surface area contributed by atoms with Gasteiger partial charge in [-0.2, -0.15) is 0 Å². The van der Waals surface area contributed by atoms with E-state index in [-0.39, 0.29) is 6.09 Å². The third-order valence-electron chi connectivity index (χ3n) is 4.60. The van der Waals surface area contributed by atoms with Crippen molar-refractivity contribution < 1.29 is 19.0 Å². The average Bonchev–Trinajstić information content (AvgIpc) is 2.75. The first-order valence-corrected chi connectivity index (χ1v) is 10.3. The molecule has 0 saturated carbocycles. The van der Waals surface area contributed by atoms with Gasteiger partial charge in [0, 0.05) is 46.4 Å². The molecule has 0 aliphatic carbocycles. The van der Waals surface area contributed by atoms with Crippen LogP contribution in [-0.2, 0) is 27.4 Å². The maximum Gasteiger partial charge on any atom is 0.409 e. The van der Waals surface area contributed by atoms with Crippen LogP contribution in [0.25, 0.3) is 0 Å². The second-order valence-corrected chi connectivity index (χ2v) is 6.64. The van der Waals surface area contributed by atoms with Gasteiger partial charge in [-0.05, 0) is 25.0 Å². The van der Waals surface area contributed by atoms with Gasteiger partial charge in [-0.1, -0.05) is 24.3 Å². The van der Waals surface area contributed by atoms with Crippen LogP contribution >= 0.6 is 0 Å². The van der Waals surface area contributed by atoms with Crippen molar-refractivity contribution in [1.29, 1.82) is 0 Å². The van der Waals surface area contributed by atoms with Crippen molar-refractivity contribution in [2.45, 2.75) is 27.0 Å². The zero-order valence-electron chi connectivity index (χ0n) is 17.9. The second kappa shape index (κ2) is 13.0. The molecule has 1 aromatic rings. The van der Waals surface area contributed by atoms with Crippen LogP contribution in [0.15, 0.2) is 29.3 Å². The van der Waals surface area contributed by atoms with Gasteiger partial charge in [0.1, 0.15) is 0 Å². The Morgan fingerprint density at radius 3 is 2.41 bits per heavy atom. The molecular weight excluding hydrogens is 372 g/mol. The average molecular weight is 407 g/mol. The number of nitrogens with one attached hydrogen (secondary N) is 1. The van der Waals surface area contributed by atoms with Gasteiger partial charge in [-0.3, -0.25) is 4.99 Å². The van der Waals surface area contributed by atoms with Crippen molar-refractivity contribution in [3.63, 3.8) is 0 Å². The summed E-state index contributed by atoms with van der Waals surface area (Å²) in [5, 5.41) is 3.42. The van der Waals surface area contributed by atoms with E-state index in [0.717, 1.165) is 24.6 Å². The lowest BCUT2D eigenvalue weighted by atomic mass is 10.1. The van der Waals surface area contributed by atoms with E-state index >= 15 is 0 Å². The van der Waals surface area contributed by atoms with Crippen LogP contribution in [-0.4, -0.2) is 81.5 Å². The predicted octanol–water partition coefficient (Wildman–Crippen LogP) is 2.09. The van der Waals surface area contributed by atoms with Crippen LogP contribution in [0.1, 0.15) is 25.0 Å². The van der Waals surface area contributed by atoms with Crippen molar-refractivity contribution in [1.82, 2.24) is 15.1 Å². The van der Waals surface area contributed by atoms with Gasteiger partial charge in [0.2, 0.25) is 0 Å². The molecule has 8 nitrogen and oxygen atoms in total. The summed E-state index contributed by atoms with van der Waals surface area (Å²) < 4.78 is 16.0. The lowest BCUT2D eigenvalue weighted by Crippen LogP contribution is -2.53. The first kappa shape index (κ1) is 23.0. The Morgan fingerprint density at radius 1 is 1.03 bits per heavy atom. The molecule has 1 N–H and O–H groups in total. The van der Waals surface area contributed by atoms with Gasteiger partial charge < -0.3 is 29.3 Å². The molecule has 0 radical (unpaired) electrons. The molecule has 1 saturated heterocycles. The Kier molecular flexibility index (Phi) is 10.3. The number of carbonyl (C=O) groups is 1. The zero-order valence-corrected chi connectivity index (χ0v) is 17.9. The van der Waals surface area contributed by atoms with Gasteiger partial charge in [-0.25, -0.2) is 4.79 Å². The molecular formula is C21H34N4O4. The monoisotopic (exact) mass is 406 g/mol. The Bertz CT molecular complexity index is 645. The van der Waals surface area contributed by atoms with Gasteiger partial charge in [-0.15, -0.1) is 0 Å². The normalized spacial score (nSPS) is 14.8. The molecule has 1 aliphatic heterocycles. The van der Waals surface area contributed by atoms with Crippen LogP contribution in [0.5, 0.6) is 0 Å². The quantitative estimate of drug-likeness (QED) is 0.385. The first-order chi connectivity index (χ1) is 14.2. The number of hydrogen-bond donors (Lipinski definition) is 1. The highest BCUT2D eigenvalue weighted by atomic mass is 16.6. The number of aliphatic imine (C=N–C) groups is 1. The number of amides is 1. The SMILES string of the molecule is CCOCCOCc1cccc(CNC(=NC)N2CCN(C(=O)OCC)CC2)c1. The summed E-state index contributed by atoms with van der Waals surface area (Å²) in [7, 11) is 1.78. The Hall–Kier alpha value is -2.32. The van der Waals surface area contributed by atoms with Crippen LogP contribution in [0, 0.1) is 0 Å². The van der Waals surface area contributed by atoms with Gasteiger partial charge in [0.15, 0.2) is 5.96 Å². The van der Waals surface area contributed by atoms with E-state index in [2.05, 4.69) is 33.4 Å². The van der Waals surface area contributed by atoms with Gasteiger partial charge in [0.05, 0.1) is 26.4 Å². The number of benzene rings is 1. The molecule has 0 spiro atoms. The highest BCUT2D eigenvalue weighted by Crippen LogP contribution is 2.08. The standard InChI is InChI=1S/C21H34N4O4/c1-4-27-13-14-28-17-19-8-6-7-18(15-19)16-23-20(22-3)24-9-11-25(12-10-24)21(26)29-5-2/h6-8,15H,4-5,9-14,16-17H2,1-3H3,(H,22,23). The lowest BCUT2D eigenvalue weighted by Gasteiger charge is -2.35. The molecule has 1 fully saturated rings. The Balaban J connectivity index is 1.78. The molecule has 162 valence electrons. The van der Waals surface area contributed by atoms with E-state index in [1.54, 1.807) is 11.9 Å². The van der Waals surface area contributed by atoms with Crippen molar-refractivity contribution in [3.05, 3.63) is 35.4 Å². The highest BCUT2D eigenvalue weighted by molar-refractivity contribution is 5.80. The number of rotatable bonds is 9. The van der Waals surface area contributed by atoms with Gasteiger partial charge >= 0.3 is 6.09 Å². The minimum absolute atomic E-state index is 0.240. The van der Waals surface area contributed by atoms with E-state index < -0.39 is 0 Å². The van der Waals surface area contributed by atoms with Crippen LogP contribution in [0.3, 0.4) is 0 Å². The van der Waals surface area contributed by atoms with Crippen molar-refractivity contribution in [3.8, 4) is 0 Å². The van der Waals surface area contributed by atoms with Crippen LogP contribution in [0.2, 0.25) is 0 Å². The largest absolute Gasteiger partial charge is 0.450 e. The smallest absolute Gasteiger partial charge is 0.409 e. The second-order valence-electron chi connectivity index (χ2n) is 6.64. The molecule has 1 amide bonds. The van der Waals surface area contributed by atoms with Crippen molar-refractivity contribution >= 4 is 12.1 Å². The summed E-state index contributed by atoms with van der Waals surface area (Å²) >= 11 is 0. The van der Waals surface area contributed by atoms with Crippen LogP contribution < -0.4 is 5.32 Å². The number of piperazine rings is 1. The maximum atomic E-state index is 11.8. The number of nitrogens with zero attached hydrogens (tertiary/aromatic N) is 3. The molecule has 1 aliphatic rings. The van der Waals surface area contributed by atoms with E-state index in [1.165, 1.54) is 5.56 Å². The highest BCUT2D eigenvalue weighted by Gasteiger charge is 2.23. The maximum absolute atomic E-state index is 11.8. The molecule has 1 heterocycles. The topological polar surface area (TPSA) is 75.6 Å². The van der Waals surface area contributed by atoms with E-state index in [9.17, 15) is 4.79 Å². The number of carbonyl (C=O) groups excluding carboxylic acids is 1. The molecule has 0 aromatic heterocycles. The third kappa shape index (κ3) is 7.91. The first-order valence-electron chi connectivity index (χ1n) is 10.3. The molecule has 8 heteroatoms. The van der Waals surface area contributed by atoms with Crippen LogP contribution in [0.4, 0.5) is 4.79 Å². The number of guanidine groups is 1. The molecule has 1 aromatic carbocycles.